The molecule has 1 fully saturated rings. The van der Waals surface area contributed by atoms with Gasteiger partial charge < -0.3 is 15.8 Å². The van der Waals surface area contributed by atoms with Gasteiger partial charge in [-0.05, 0) is 31.4 Å². The maximum absolute atomic E-state index is 12.9. The first kappa shape index (κ1) is 21.3. The zero-order valence-electron chi connectivity index (χ0n) is 16.0. The standard InChI is InChI=1S/C22H28N2O2.ClH/c1-21(23,17-10-4-3-5-11-17)20(25)24-16-22(14-8-9-15-22)18-12-6-7-13-19(18)26-2;/h3-7,10-13H,8-9,14-16,23H2,1-2H3,(H,24,25);1H. The van der Waals surface area contributed by atoms with Gasteiger partial charge in [0.2, 0.25) is 5.91 Å². The first-order valence-electron chi connectivity index (χ1n) is 9.26. The molecule has 1 aliphatic rings. The molecule has 2 aromatic carbocycles. The van der Waals surface area contributed by atoms with Gasteiger partial charge >= 0.3 is 0 Å². The van der Waals surface area contributed by atoms with E-state index in [2.05, 4.69) is 11.4 Å². The molecular formula is C22H29ClN2O2. The summed E-state index contributed by atoms with van der Waals surface area (Å²) in [5.74, 6) is 0.743. The third kappa shape index (κ3) is 4.28. The van der Waals surface area contributed by atoms with E-state index in [0.29, 0.717) is 6.54 Å². The Labute approximate surface area is 167 Å². The lowest BCUT2D eigenvalue weighted by Gasteiger charge is -2.33. The quantitative estimate of drug-likeness (QED) is 0.788. The molecule has 1 aliphatic carbocycles. The lowest BCUT2D eigenvalue weighted by Crippen LogP contribution is -2.52. The molecule has 5 heteroatoms. The minimum atomic E-state index is -1.05. The third-order valence-corrected chi connectivity index (χ3v) is 5.67. The summed E-state index contributed by atoms with van der Waals surface area (Å²) in [5, 5.41) is 3.13. The van der Waals surface area contributed by atoms with E-state index in [1.807, 2.05) is 48.5 Å². The third-order valence-electron chi connectivity index (χ3n) is 5.67. The maximum atomic E-state index is 12.9. The predicted molar refractivity (Wildman–Crippen MR) is 111 cm³/mol. The van der Waals surface area contributed by atoms with E-state index in [1.165, 1.54) is 5.56 Å². The van der Waals surface area contributed by atoms with Crippen LogP contribution in [0.4, 0.5) is 0 Å². The van der Waals surface area contributed by atoms with E-state index in [1.54, 1.807) is 14.0 Å². The van der Waals surface area contributed by atoms with Crippen molar-refractivity contribution in [1.29, 1.82) is 0 Å². The van der Waals surface area contributed by atoms with Gasteiger partial charge in [0.1, 0.15) is 11.3 Å². The molecule has 0 aromatic heterocycles. The van der Waals surface area contributed by atoms with E-state index >= 15 is 0 Å². The van der Waals surface area contributed by atoms with Crippen molar-refractivity contribution in [3.8, 4) is 5.75 Å². The maximum Gasteiger partial charge on any atom is 0.244 e. The molecule has 4 nitrogen and oxygen atoms in total. The fourth-order valence-corrected chi connectivity index (χ4v) is 4.02. The summed E-state index contributed by atoms with van der Waals surface area (Å²) in [6.07, 6.45) is 4.40. The van der Waals surface area contributed by atoms with Gasteiger partial charge in [-0.3, -0.25) is 4.79 Å². The van der Waals surface area contributed by atoms with Crippen LogP contribution < -0.4 is 15.8 Å². The zero-order chi connectivity index (χ0) is 18.6. The number of benzene rings is 2. The van der Waals surface area contributed by atoms with Gasteiger partial charge in [-0.2, -0.15) is 0 Å². The van der Waals surface area contributed by atoms with Crippen molar-refractivity contribution in [2.75, 3.05) is 13.7 Å². The van der Waals surface area contributed by atoms with Crippen molar-refractivity contribution in [2.45, 2.75) is 43.6 Å². The van der Waals surface area contributed by atoms with Gasteiger partial charge in [-0.25, -0.2) is 0 Å². The van der Waals surface area contributed by atoms with Crippen molar-refractivity contribution in [1.82, 2.24) is 5.32 Å². The Hall–Kier alpha value is -2.04. The minimum absolute atomic E-state index is 0. The molecule has 27 heavy (non-hydrogen) atoms. The molecule has 1 atom stereocenters. The largest absolute Gasteiger partial charge is 0.496 e. The number of para-hydroxylation sites is 1. The zero-order valence-corrected chi connectivity index (χ0v) is 16.9. The summed E-state index contributed by atoms with van der Waals surface area (Å²) < 4.78 is 5.59. The summed E-state index contributed by atoms with van der Waals surface area (Å²) in [4.78, 5) is 12.9. The molecule has 2 aromatic rings. The Balaban J connectivity index is 0.00000261. The second-order valence-electron chi connectivity index (χ2n) is 7.44. The number of carbonyl (C=O) groups excluding carboxylic acids is 1. The summed E-state index contributed by atoms with van der Waals surface area (Å²) >= 11 is 0. The Morgan fingerprint density at radius 3 is 2.33 bits per heavy atom. The van der Waals surface area contributed by atoms with Crippen LogP contribution in [0.1, 0.15) is 43.7 Å². The normalized spacial score (nSPS) is 17.4. The number of amides is 1. The first-order valence-corrected chi connectivity index (χ1v) is 9.26. The van der Waals surface area contributed by atoms with Gasteiger partial charge in [0, 0.05) is 17.5 Å². The molecular weight excluding hydrogens is 360 g/mol. The van der Waals surface area contributed by atoms with E-state index in [4.69, 9.17) is 10.5 Å². The van der Waals surface area contributed by atoms with Crippen LogP contribution >= 0.6 is 12.4 Å². The smallest absolute Gasteiger partial charge is 0.244 e. The number of rotatable bonds is 6. The highest BCUT2D eigenvalue weighted by atomic mass is 35.5. The van der Waals surface area contributed by atoms with E-state index in [-0.39, 0.29) is 23.7 Å². The van der Waals surface area contributed by atoms with Crippen molar-refractivity contribution < 1.29 is 9.53 Å². The SMILES string of the molecule is COc1ccccc1C1(CNC(=O)C(C)(N)c2ccccc2)CCCC1.Cl. The highest BCUT2D eigenvalue weighted by molar-refractivity contribution is 5.87. The summed E-state index contributed by atoms with van der Waals surface area (Å²) in [6.45, 7) is 2.34. The minimum Gasteiger partial charge on any atom is -0.496 e. The van der Waals surface area contributed by atoms with Crippen LogP contribution in [-0.4, -0.2) is 19.6 Å². The van der Waals surface area contributed by atoms with Gasteiger partial charge in [-0.1, -0.05) is 61.4 Å². The summed E-state index contributed by atoms with van der Waals surface area (Å²) in [5.41, 5.74) is 7.22. The molecule has 0 saturated heterocycles. The number of ether oxygens (including phenoxy) is 1. The Morgan fingerprint density at radius 1 is 1.11 bits per heavy atom. The van der Waals surface area contributed by atoms with E-state index in [0.717, 1.165) is 37.0 Å². The number of methoxy groups -OCH3 is 1. The van der Waals surface area contributed by atoms with Gasteiger partial charge in [0.15, 0.2) is 0 Å². The number of nitrogens with one attached hydrogen (secondary N) is 1. The number of hydrogen-bond donors (Lipinski definition) is 2. The number of nitrogens with two attached hydrogens (primary N) is 1. The van der Waals surface area contributed by atoms with Gasteiger partial charge in [0.05, 0.1) is 7.11 Å². The van der Waals surface area contributed by atoms with E-state index in [9.17, 15) is 4.79 Å². The van der Waals surface area contributed by atoms with Crippen LogP contribution in [0, 0.1) is 0 Å². The molecule has 0 heterocycles. The van der Waals surface area contributed by atoms with E-state index < -0.39 is 5.54 Å². The fraction of sp³-hybridized carbons (Fsp3) is 0.409. The highest BCUT2D eigenvalue weighted by Crippen LogP contribution is 2.44. The lowest BCUT2D eigenvalue weighted by atomic mass is 9.78. The molecule has 0 aliphatic heterocycles. The monoisotopic (exact) mass is 388 g/mol. The van der Waals surface area contributed by atoms with Crippen molar-refractivity contribution in [2.24, 2.45) is 5.73 Å². The Kier molecular flexibility index (Phi) is 6.90. The number of halogens is 1. The number of carbonyl (C=O) groups is 1. The molecule has 0 bridgehead atoms. The predicted octanol–water partition coefficient (Wildman–Crippen LogP) is 3.92. The van der Waals surface area contributed by atoms with Crippen LogP contribution in [0.15, 0.2) is 54.6 Å². The molecule has 1 saturated carbocycles. The van der Waals surface area contributed by atoms with Crippen molar-refractivity contribution in [3.05, 3.63) is 65.7 Å². The van der Waals surface area contributed by atoms with Crippen LogP contribution in [0.2, 0.25) is 0 Å². The Morgan fingerprint density at radius 2 is 1.70 bits per heavy atom. The van der Waals surface area contributed by atoms with Gasteiger partial charge in [0.25, 0.3) is 0 Å². The average Bonchev–Trinajstić information content (AvgIpc) is 3.16. The average molecular weight is 389 g/mol. The molecule has 1 unspecified atom stereocenters. The molecule has 146 valence electrons. The van der Waals surface area contributed by atoms with Gasteiger partial charge in [-0.15, -0.1) is 12.4 Å². The molecule has 1 amide bonds. The fourth-order valence-electron chi connectivity index (χ4n) is 4.02. The van der Waals surface area contributed by atoms with Crippen molar-refractivity contribution in [3.63, 3.8) is 0 Å². The van der Waals surface area contributed by atoms with Crippen LogP contribution in [0.3, 0.4) is 0 Å². The second-order valence-corrected chi connectivity index (χ2v) is 7.44. The van der Waals surface area contributed by atoms with Crippen LogP contribution in [0.5, 0.6) is 5.75 Å². The molecule has 3 rings (SSSR count). The second kappa shape index (κ2) is 8.77. The highest BCUT2D eigenvalue weighted by Gasteiger charge is 2.39. The number of hydrogen-bond acceptors (Lipinski definition) is 3. The first-order chi connectivity index (χ1) is 12.5. The topological polar surface area (TPSA) is 64.3 Å². The lowest BCUT2D eigenvalue weighted by molar-refractivity contribution is -0.126. The van der Waals surface area contributed by atoms with Crippen LogP contribution in [0.25, 0.3) is 0 Å². The molecule has 0 spiro atoms. The molecule has 3 N–H and O–H groups in total. The van der Waals surface area contributed by atoms with Crippen molar-refractivity contribution >= 4 is 18.3 Å². The summed E-state index contributed by atoms with van der Waals surface area (Å²) in [7, 11) is 1.70. The summed E-state index contributed by atoms with van der Waals surface area (Å²) in [6, 6.07) is 17.7. The molecule has 0 radical (unpaired) electrons. The Bertz CT molecular complexity index is 756. The van der Waals surface area contributed by atoms with Crippen LogP contribution in [-0.2, 0) is 15.7 Å².